The Morgan fingerprint density at radius 2 is 2.00 bits per heavy atom. The first kappa shape index (κ1) is 15.1. The van der Waals surface area contributed by atoms with E-state index in [2.05, 4.69) is 25.8 Å². The number of aromatic nitrogens is 3. The van der Waals surface area contributed by atoms with Gasteiger partial charge in [0.2, 0.25) is 0 Å². The molecule has 6 nitrogen and oxygen atoms in total. The van der Waals surface area contributed by atoms with Gasteiger partial charge in [-0.05, 0) is 38.1 Å². The molecule has 0 bridgehead atoms. The van der Waals surface area contributed by atoms with Crippen LogP contribution in [-0.2, 0) is 11.3 Å². The van der Waals surface area contributed by atoms with Crippen molar-refractivity contribution in [3.63, 3.8) is 0 Å². The van der Waals surface area contributed by atoms with Crippen LogP contribution in [0.5, 0.6) is 0 Å². The van der Waals surface area contributed by atoms with E-state index in [0.717, 1.165) is 63.6 Å². The molecule has 2 aliphatic rings. The van der Waals surface area contributed by atoms with Crippen LogP contribution in [0.4, 0.5) is 0 Å². The van der Waals surface area contributed by atoms with E-state index in [4.69, 9.17) is 9.72 Å². The normalized spacial score (nSPS) is 21.0. The molecule has 2 saturated heterocycles. The molecule has 0 radical (unpaired) electrons. The van der Waals surface area contributed by atoms with Gasteiger partial charge in [-0.15, -0.1) is 0 Å². The van der Waals surface area contributed by atoms with Gasteiger partial charge in [-0.1, -0.05) is 0 Å². The Morgan fingerprint density at radius 3 is 2.83 bits per heavy atom. The van der Waals surface area contributed by atoms with E-state index in [0.29, 0.717) is 5.92 Å². The molecule has 2 aromatic rings. The van der Waals surface area contributed by atoms with E-state index in [1.807, 2.05) is 12.3 Å². The third-order valence-corrected chi connectivity index (χ3v) is 4.98. The molecule has 4 rings (SSSR count). The minimum absolute atomic E-state index is 0.551. The zero-order valence-corrected chi connectivity index (χ0v) is 13.6. The first-order chi connectivity index (χ1) is 11.4. The molecule has 23 heavy (non-hydrogen) atoms. The van der Waals surface area contributed by atoms with Crippen LogP contribution in [0.15, 0.2) is 18.3 Å². The smallest absolute Gasteiger partial charge is 0.160 e. The Hall–Kier alpha value is -1.50. The van der Waals surface area contributed by atoms with Crippen molar-refractivity contribution in [2.75, 3.05) is 45.9 Å². The second-order valence-corrected chi connectivity index (χ2v) is 6.45. The summed E-state index contributed by atoms with van der Waals surface area (Å²) in [4.78, 5) is 12.0. The standard InChI is InChI=1S/C17H25N5O/c1-2-15-17(19-5-1)22(9-8-21-10-12-23-13-11-21)16(20-15)14-3-6-18-7-4-14/h1-2,5,14,18H,3-4,6-13H2. The maximum absolute atomic E-state index is 5.45. The van der Waals surface area contributed by atoms with Crippen LogP contribution in [-0.4, -0.2) is 65.4 Å². The van der Waals surface area contributed by atoms with E-state index < -0.39 is 0 Å². The minimum atomic E-state index is 0.551. The van der Waals surface area contributed by atoms with Gasteiger partial charge in [0.15, 0.2) is 5.65 Å². The second-order valence-electron chi connectivity index (χ2n) is 6.45. The van der Waals surface area contributed by atoms with E-state index in [1.54, 1.807) is 0 Å². The summed E-state index contributed by atoms with van der Waals surface area (Å²) in [5, 5.41) is 3.45. The quantitative estimate of drug-likeness (QED) is 0.920. The van der Waals surface area contributed by atoms with E-state index in [9.17, 15) is 0 Å². The monoisotopic (exact) mass is 315 g/mol. The van der Waals surface area contributed by atoms with E-state index in [-0.39, 0.29) is 0 Å². The maximum atomic E-state index is 5.45. The molecule has 0 spiro atoms. The molecule has 2 aromatic heterocycles. The number of morpholine rings is 1. The van der Waals surface area contributed by atoms with Gasteiger partial charge in [0.1, 0.15) is 11.3 Å². The summed E-state index contributed by atoms with van der Waals surface area (Å²) in [6, 6.07) is 4.06. The van der Waals surface area contributed by atoms with Crippen LogP contribution in [0.1, 0.15) is 24.6 Å². The fourth-order valence-electron chi connectivity index (χ4n) is 3.65. The van der Waals surface area contributed by atoms with E-state index in [1.165, 1.54) is 18.7 Å². The fraction of sp³-hybridized carbons (Fsp3) is 0.647. The predicted octanol–water partition coefficient (Wildman–Crippen LogP) is 1.23. The number of imidazole rings is 1. The first-order valence-corrected chi connectivity index (χ1v) is 8.74. The molecule has 2 aliphatic heterocycles. The number of hydrogen-bond donors (Lipinski definition) is 1. The fourth-order valence-corrected chi connectivity index (χ4v) is 3.65. The SMILES string of the molecule is c1cnc2c(c1)nc(C1CCNCC1)n2CCN1CCOCC1. The summed E-state index contributed by atoms with van der Waals surface area (Å²) in [5.41, 5.74) is 2.07. The van der Waals surface area contributed by atoms with Gasteiger partial charge in [0.25, 0.3) is 0 Å². The lowest BCUT2D eigenvalue weighted by Crippen LogP contribution is -2.38. The summed E-state index contributed by atoms with van der Waals surface area (Å²) in [7, 11) is 0. The Morgan fingerprint density at radius 1 is 1.17 bits per heavy atom. The third-order valence-electron chi connectivity index (χ3n) is 4.98. The summed E-state index contributed by atoms with van der Waals surface area (Å²) >= 11 is 0. The van der Waals surface area contributed by atoms with Crippen LogP contribution in [0, 0.1) is 0 Å². The lowest BCUT2D eigenvalue weighted by atomic mass is 9.97. The molecule has 0 amide bonds. The van der Waals surface area contributed by atoms with Crippen LogP contribution in [0.25, 0.3) is 11.2 Å². The van der Waals surface area contributed by atoms with Crippen molar-refractivity contribution in [2.45, 2.75) is 25.3 Å². The van der Waals surface area contributed by atoms with Crippen LogP contribution < -0.4 is 5.32 Å². The number of fused-ring (bicyclic) bond motifs is 1. The zero-order chi connectivity index (χ0) is 15.5. The van der Waals surface area contributed by atoms with Crippen molar-refractivity contribution in [3.05, 3.63) is 24.2 Å². The van der Waals surface area contributed by atoms with Gasteiger partial charge >= 0.3 is 0 Å². The number of piperidine rings is 1. The molecule has 124 valence electrons. The number of rotatable bonds is 4. The summed E-state index contributed by atoms with van der Waals surface area (Å²) in [5.74, 6) is 1.78. The Kier molecular flexibility index (Phi) is 4.55. The maximum Gasteiger partial charge on any atom is 0.160 e. The highest BCUT2D eigenvalue weighted by molar-refractivity contribution is 5.71. The highest BCUT2D eigenvalue weighted by Gasteiger charge is 2.23. The Balaban J connectivity index is 1.59. The number of nitrogens with zero attached hydrogens (tertiary/aromatic N) is 4. The van der Waals surface area contributed by atoms with Gasteiger partial charge < -0.3 is 14.6 Å². The molecule has 4 heterocycles. The largest absolute Gasteiger partial charge is 0.379 e. The molecule has 0 saturated carbocycles. The van der Waals surface area contributed by atoms with Gasteiger partial charge in [-0.2, -0.15) is 0 Å². The van der Waals surface area contributed by atoms with Crippen molar-refractivity contribution in [1.29, 1.82) is 0 Å². The number of nitrogens with one attached hydrogen (secondary N) is 1. The van der Waals surface area contributed by atoms with Crippen LogP contribution in [0.3, 0.4) is 0 Å². The van der Waals surface area contributed by atoms with Crippen molar-refractivity contribution in [2.24, 2.45) is 0 Å². The molecular formula is C17H25N5O. The van der Waals surface area contributed by atoms with Gasteiger partial charge in [-0.3, -0.25) is 4.90 Å². The Bertz CT molecular complexity index is 643. The second kappa shape index (κ2) is 6.95. The van der Waals surface area contributed by atoms with Gasteiger partial charge in [-0.25, -0.2) is 9.97 Å². The number of hydrogen-bond acceptors (Lipinski definition) is 5. The topological polar surface area (TPSA) is 55.2 Å². The van der Waals surface area contributed by atoms with E-state index >= 15 is 0 Å². The average molecular weight is 315 g/mol. The van der Waals surface area contributed by atoms with Crippen molar-refractivity contribution in [1.82, 2.24) is 24.8 Å². The highest BCUT2D eigenvalue weighted by Crippen LogP contribution is 2.27. The predicted molar refractivity (Wildman–Crippen MR) is 89.6 cm³/mol. The van der Waals surface area contributed by atoms with Crippen LogP contribution in [0.2, 0.25) is 0 Å². The molecule has 6 heteroatoms. The molecule has 0 unspecified atom stereocenters. The Labute approximate surface area is 136 Å². The zero-order valence-electron chi connectivity index (χ0n) is 13.6. The average Bonchev–Trinajstić information content (AvgIpc) is 3.00. The summed E-state index contributed by atoms with van der Waals surface area (Å²) < 4.78 is 7.81. The van der Waals surface area contributed by atoms with Gasteiger partial charge in [0.05, 0.1) is 13.2 Å². The highest BCUT2D eigenvalue weighted by atomic mass is 16.5. The molecule has 0 aromatic carbocycles. The van der Waals surface area contributed by atoms with Crippen molar-refractivity contribution >= 4 is 11.2 Å². The lowest BCUT2D eigenvalue weighted by molar-refractivity contribution is 0.0363. The molecule has 0 atom stereocenters. The number of pyridine rings is 1. The molecule has 1 N–H and O–H groups in total. The molecule has 2 fully saturated rings. The third kappa shape index (κ3) is 3.24. The first-order valence-electron chi connectivity index (χ1n) is 8.74. The summed E-state index contributed by atoms with van der Waals surface area (Å²) in [6.07, 6.45) is 4.21. The number of ether oxygens (including phenoxy) is 1. The minimum Gasteiger partial charge on any atom is -0.379 e. The van der Waals surface area contributed by atoms with Crippen molar-refractivity contribution < 1.29 is 4.74 Å². The van der Waals surface area contributed by atoms with Crippen LogP contribution >= 0.6 is 0 Å². The van der Waals surface area contributed by atoms with Gasteiger partial charge in [0, 0.05) is 38.3 Å². The van der Waals surface area contributed by atoms with Crippen molar-refractivity contribution in [3.8, 4) is 0 Å². The molecule has 0 aliphatic carbocycles. The molecular weight excluding hydrogens is 290 g/mol. The summed E-state index contributed by atoms with van der Waals surface area (Å²) in [6.45, 7) is 7.95. The lowest BCUT2D eigenvalue weighted by Gasteiger charge is -2.28.